The SMILES string of the molecule is COc1cc(NC(=O)c2cnccc2Cl)ccc1C(=O)O. The minimum absolute atomic E-state index is 0.00918. The van der Waals surface area contributed by atoms with Crippen LogP contribution in [0.5, 0.6) is 5.75 Å². The first-order valence-electron chi connectivity index (χ1n) is 5.85. The van der Waals surface area contributed by atoms with Gasteiger partial charge in [0.1, 0.15) is 11.3 Å². The van der Waals surface area contributed by atoms with Crippen LogP contribution in [0.1, 0.15) is 20.7 Å². The maximum atomic E-state index is 12.1. The highest BCUT2D eigenvalue weighted by molar-refractivity contribution is 6.34. The number of pyridine rings is 1. The Morgan fingerprint density at radius 1 is 1.29 bits per heavy atom. The molecular weight excluding hydrogens is 296 g/mol. The number of rotatable bonds is 4. The summed E-state index contributed by atoms with van der Waals surface area (Å²) in [6.07, 6.45) is 2.82. The predicted molar refractivity (Wildman–Crippen MR) is 77.2 cm³/mol. The lowest BCUT2D eigenvalue weighted by Crippen LogP contribution is -2.13. The molecule has 0 aliphatic carbocycles. The third-order valence-corrected chi connectivity index (χ3v) is 3.03. The van der Waals surface area contributed by atoms with E-state index in [-0.39, 0.29) is 21.9 Å². The van der Waals surface area contributed by atoms with Crippen LogP contribution in [0, 0.1) is 0 Å². The number of benzene rings is 1. The average molecular weight is 307 g/mol. The van der Waals surface area contributed by atoms with Crippen molar-refractivity contribution in [1.29, 1.82) is 0 Å². The van der Waals surface area contributed by atoms with Gasteiger partial charge >= 0.3 is 5.97 Å². The van der Waals surface area contributed by atoms with Gasteiger partial charge in [0.15, 0.2) is 0 Å². The van der Waals surface area contributed by atoms with Crippen LogP contribution in [0.3, 0.4) is 0 Å². The number of carbonyl (C=O) groups is 2. The van der Waals surface area contributed by atoms with Gasteiger partial charge in [-0.1, -0.05) is 11.6 Å². The molecule has 0 bridgehead atoms. The van der Waals surface area contributed by atoms with Crippen LogP contribution in [-0.2, 0) is 0 Å². The molecule has 2 rings (SSSR count). The molecule has 1 aromatic carbocycles. The smallest absolute Gasteiger partial charge is 0.339 e. The minimum Gasteiger partial charge on any atom is -0.496 e. The van der Waals surface area contributed by atoms with E-state index in [1.807, 2.05) is 0 Å². The first-order valence-corrected chi connectivity index (χ1v) is 6.23. The number of carbonyl (C=O) groups excluding carboxylic acids is 1. The Labute approximate surface area is 125 Å². The van der Waals surface area contributed by atoms with Gasteiger partial charge < -0.3 is 15.2 Å². The maximum Gasteiger partial charge on any atom is 0.339 e. The first-order chi connectivity index (χ1) is 10.0. The van der Waals surface area contributed by atoms with Crippen molar-refractivity contribution in [2.75, 3.05) is 12.4 Å². The highest BCUT2D eigenvalue weighted by atomic mass is 35.5. The quantitative estimate of drug-likeness (QED) is 0.906. The molecule has 0 radical (unpaired) electrons. The van der Waals surface area contributed by atoms with E-state index in [2.05, 4.69) is 10.3 Å². The zero-order valence-corrected chi connectivity index (χ0v) is 11.7. The normalized spacial score (nSPS) is 10.0. The number of hydrogen-bond donors (Lipinski definition) is 2. The number of carboxylic acids is 1. The molecular formula is C14H11ClN2O4. The highest BCUT2D eigenvalue weighted by Gasteiger charge is 2.14. The van der Waals surface area contributed by atoms with Gasteiger partial charge in [-0.05, 0) is 18.2 Å². The lowest BCUT2D eigenvalue weighted by Gasteiger charge is -2.09. The molecule has 2 N–H and O–H groups in total. The van der Waals surface area contributed by atoms with E-state index in [9.17, 15) is 9.59 Å². The Hall–Kier alpha value is -2.60. The fraction of sp³-hybridized carbons (Fsp3) is 0.0714. The van der Waals surface area contributed by atoms with Gasteiger partial charge in [-0.15, -0.1) is 0 Å². The number of hydrogen-bond acceptors (Lipinski definition) is 4. The minimum atomic E-state index is -1.11. The first kappa shape index (κ1) is 14.8. The molecule has 21 heavy (non-hydrogen) atoms. The van der Waals surface area contributed by atoms with E-state index in [0.29, 0.717) is 5.69 Å². The van der Waals surface area contributed by atoms with Crippen molar-refractivity contribution in [3.05, 3.63) is 52.8 Å². The summed E-state index contributed by atoms with van der Waals surface area (Å²) >= 11 is 5.91. The second-order valence-corrected chi connectivity index (χ2v) is 4.44. The Morgan fingerprint density at radius 2 is 2.05 bits per heavy atom. The summed E-state index contributed by atoms with van der Waals surface area (Å²) in [7, 11) is 1.35. The van der Waals surface area contributed by atoms with Crippen LogP contribution in [0.15, 0.2) is 36.7 Å². The fourth-order valence-electron chi connectivity index (χ4n) is 1.69. The molecule has 0 fully saturated rings. The maximum absolute atomic E-state index is 12.1. The van der Waals surface area contributed by atoms with Crippen molar-refractivity contribution < 1.29 is 19.4 Å². The fourth-order valence-corrected chi connectivity index (χ4v) is 1.88. The number of aromatic nitrogens is 1. The number of halogens is 1. The lowest BCUT2D eigenvalue weighted by atomic mass is 10.1. The zero-order valence-electron chi connectivity index (χ0n) is 11.0. The van der Waals surface area contributed by atoms with Crippen molar-refractivity contribution in [2.45, 2.75) is 0 Å². The molecule has 0 saturated heterocycles. The summed E-state index contributed by atoms with van der Waals surface area (Å²) in [5, 5.41) is 11.9. The molecule has 1 amide bonds. The van der Waals surface area contributed by atoms with E-state index in [1.165, 1.54) is 43.8 Å². The predicted octanol–water partition coefficient (Wildman–Crippen LogP) is 2.69. The van der Waals surface area contributed by atoms with Gasteiger partial charge in [-0.2, -0.15) is 0 Å². The van der Waals surface area contributed by atoms with E-state index in [0.717, 1.165) is 0 Å². The molecule has 0 atom stereocenters. The Kier molecular flexibility index (Phi) is 4.39. The summed E-state index contributed by atoms with van der Waals surface area (Å²) in [5.41, 5.74) is 0.622. The van der Waals surface area contributed by atoms with Crippen LogP contribution >= 0.6 is 11.6 Å². The standard InChI is InChI=1S/C14H11ClN2O4/c1-21-12-6-8(2-3-9(12)14(19)20)17-13(18)10-7-16-5-4-11(10)15/h2-7H,1H3,(H,17,18)(H,19,20). The monoisotopic (exact) mass is 306 g/mol. The number of ether oxygens (including phenoxy) is 1. The molecule has 0 spiro atoms. The van der Waals surface area contributed by atoms with E-state index in [1.54, 1.807) is 0 Å². The van der Waals surface area contributed by atoms with Crippen molar-refractivity contribution >= 4 is 29.2 Å². The highest BCUT2D eigenvalue weighted by Crippen LogP contribution is 2.24. The molecule has 6 nitrogen and oxygen atoms in total. The summed E-state index contributed by atoms with van der Waals surface area (Å²) in [4.78, 5) is 26.9. The molecule has 7 heteroatoms. The zero-order chi connectivity index (χ0) is 15.4. The summed E-state index contributed by atoms with van der Waals surface area (Å²) in [6, 6.07) is 5.74. The van der Waals surface area contributed by atoms with Gasteiger partial charge in [0, 0.05) is 24.1 Å². The molecule has 0 aliphatic heterocycles. The van der Waals surface area contributed by atoms with Crippen LogP contribution in [-0.4, -0.2) is 29.1 Å². The van der Waals surface area contributed by atoms with Gasteiger partial charge in [0.25, 0.3) is 5.91 Å². The molecule has 2 aromatic rings. The second kappa shape index (κ2) is 6.23. The van der Waals surface area contributed by atoms with Crippen LogP contribution < -0.4 is 10.1 Å². The molecule has 0 unspecified atom stereocenters. The molecule has 1 aromatic heterocycles. The van der Waals surface area contributed by atoms with Crippen LogP contribution in [0.25, 0.3) is 0 Å². The molecule has 0 aliphatic rings. The van der Waals surface area contributed by atoms with Gasteiger partial charge in [0.2, 0.25) is 0 Å². The number of amides is 1. The van der Waals surface area contributed by atoms with Crippen molar-refractivity contribution in [3.63, 3.8) is 0 Å². The average Bonchev–Trinajstić information content (AvgIpc) is 2.47. The third kappa shape index (κ3) is 3.29. The number of methoxy groups -OCH3 is 1. The number of nitrogens with zero attached hydrogens (tertiary/aromatic N) is 1. The van der Waals surface area contributed by atoms with Gasteiger partial charge in [0.05, 0.1) is 17.7 Å². The number of anilines is 1. The number of aromatic carboxylic acids is 1. The summed E-state index contributed by atoms with van der Waals surface area (Å²) in [6.45, 7) is 0. The Morgan fingerprint density at radius 3 is 2.67 bits per heavy atom. The van der Waals surface area contributed by atoms with Crippen LogP contribution in [0.2, 0.25) is 5.02 Å². The van der Waals surface area contributed by atoms with E-state index >= 15 is 0 Å². The summed E-state index contributed by atoms with van der Waals surface area (Å²) < 4.78 is 4.99. The lowest BCUT2D eigenvalue weighted by molar-refractivity contribution is 0.0693. The molecule has 0 saturated carbocycles. The number of nitrogens with one attached hydrogen (secondary N) is 1. The third-order valence-electron chi connectivity index (χ3n) is 2.70. The van der Waals surface area contributed by atoms with Gasteiger partial charge in [-0.3, -0.25) is 9.78 Å². The van der Waals surface area contributed by atoms with E-state index in [4.69, 9.17) is 21.4 Å². The Bertz CT molecular complexity index is 703. The molecule has 108 valence electrons. The number of carboxylic acid groups (broad SMARTS) is 1. The second-order valence-electron chi connectivity index (χ2n) is 4.03. The van der Waals surface area contributed by atoms with Crippen molar-refractivity contribution in [1.82, 2.24) is 4.98 Å². The topological polar surface area (TPSA) is 88.5 Å². The van der Waals surface area contributed by atoms with Crippen LogP contribution in [0.4, 0.5) is 5.69 Å². The Balaban J connectivity index is 2.26. The van der Waals surface area contributed by atoms with Crippen molar-refractivity contribution in [3.8, 4) is 5.75 Å². The van der Waals surface area contributed by atoms with Crippen molar-refractivity contribution in [2.24, 2.45) is 0 Å². The molecule has 1 heterocycles. The summed E-state index contributed by atoms with van der Waals surface area (Å²) in [5.74, 6) is -1.41. The van der Waals surface area contributed by atoms with E-state index < -0.39 is 11.9 Å². The van der Waals surface area contributed by atoms with Gasteiger partial charge in [-0.25, -0.2) is 4.79 Å². The largest absolute Gasteiger partial charge is 0.496 e.